The van der Waals surface area contributed by atoms with Gasteiger partial charge in [0.2, 0.25) is 5.91 Å². The molecule has 2 aromatic rings. The predicted molar refractivity (Wildman–Crippen MR) is 119 cm³/mol. The Hall–Kier alpha value is -3.68. The molecular weight excluding hydrogens is 408 g/mol. The number of imide groups is 1. The minimum absolute atomic E-state index is 0.145. The number of rotatable bonds is 5. The van der Waals surface area contributed by atoms with Gasteiger partial charge in [0, 0.05) is 25.3 Å². The molecule has 1 atom stereocenters. The average Bonchev–Trinajstić information content (AvgIpc) is 3.32. The molecular formula is C24H26N4O4. The van der Waals surface area contributed by atoms with E-state index in [1.807, 2.05) is 18.2 Å². The van der Waals surface area contributed by atoms with E-state index < -0.39 is 29.9 Å². The van der Waals surface area contributed by atoms with Crippen LogP contribution in [0.15, 0.2) is 42.5 Å². The lowest BCUT2D eigenvalue weighted by atomic mass is 9.89. The number of fused-ring (bicyclic) bond motifs is 1. The van der Waals surface area contributed by atoms with E-state index in [4.69, 9.17) is 0 Å². The molecule has 1 heterocycles. The number of hydrogen-bond donors (Lipinski definition) is 2. The molecule has 8 heteroatoms. The standard InChI is InChI=1S/C24H26N4O4/c1-24(18-10-7-15-5-4-6-17(15)13-18)22(31)28(23(32)26-24)14-20(29)25-19-11-8-16(9-12-19)21(30)27(2)3/h7-13H,4-6,14H2,1-3H3,(H,25,29)(H,26,32)/t24-/m0/s1. The minimum Gasteiger partial charge on any atom is -0.345 e. The Morgan fingerprint density at radius 2 is 1.75 bits per heavy atom. The molecule has 0 saturated carbocycles. The van der Waals surface area contributed by atoms with Crippen LogP contribution < -0.4 is 10.6 Å². The Morgan fingerprint density at radius 1 is 1.06 bits per heavy atom. The lowest BCUT2D eigenvalue weighted by Gasteiger charge is -2.23. The maximum Gasteiger partial charge on any atom is 0.325 e. The molecule has 4 rings (SSSR count). The van der Waals surface area contributed by atoms with E-state index in [-0.39, 0.29) is 5.91 Å². The Kier molecular flexibility index (Phi) is 5.46. The second-order valence-corrected chi connectivity index (χ2v) is 8.61. The number of nitrogens with zero attached hydrogens (tertiary/aromatic N) is 2. The third-order valence-electron chi connectivity index (χ3n) is 6.07. The van der Waals surface area contributed by atoms with Crippen LogP contribution in [0.3, 0.4) is 0 Å². The molecule has 2 aromatic carbocycles. The largest absolute Gasteiger partial charge is 0.345 e. The van der Waals surface area contributed by atoms with Crippen molar-refractivity contribution in [2.75, 3.05) is 26.0 Å². The van der Waals surface area contributed by atoms with Crippen LogP contribution in [0.25, 0.3) is 0 Å². The molecule has 1 aliphatic heterocycles. The Labute approximate surface area is 186 Å². The van der Waals surface area contributed by atoms with Crippen molar-refractivity contribution in [3.63, 3.8) is 0 Å². The van der Waals surface area contributed by atoms with Crippen molar-refractivity contribution in [3.8, 4) is 0 Å². The summed E-state index contributed by atoms with van der Waals surface area (Å²) < 4.78 is 0. The quantitative estimate of drug-likeness (QED) is 0.706. The number of carbonyl (C=O) groups excluding carboxylic acids is 4. The molecule has 0 bridgehead atoms. The lowest BCUT2D eigenvalue weighted by molar-refractivity contribution is -0.133. The zero-order valence-electron chi connectivity index (χ0n) is 18.4. The highest BCUT2D eigenvalue weighted by Gasteiger charge is 2.49. The fourth-order valence-corrected chi connectivity index (χ4v) is 4.22. The molecule has 0 aromatic heterocycles. The summed E-state index contributed by atoms with van der Waals surface area (Å²) in [6.07, 6.45) is 3.09. The van der Waals surface area contributed by atoms with Crippen molar-refractivity contribution in [1.82, 2.24) is 15.1 Å². The molecule has 1 aliphatic carbocycles. The molecule has 0 unspecified atom stereocenters. The van der Waals surface area contributed by atoms with Gasteiger partial charge in [-0.2, -0.15) is 0 Å². The van der Waals surface area contributed by atoms with Crippen molar-refractivity contribution >= 4 is 29.4 Å². The fourth-order valence-electron chi connectivity index (χ4n) is 4.22. The first kappa shape index (κ1) is 21.5. The summed E-state index contributed by atoms with van der Waals surface area (Å²) in [6.45, 7) is 1.27. The van der Waals surface area contributed by atoms with E-state index in [9.17, 15) is 19.2 Å². The first-order chi connectivity index (χ1) is 15.2. The first-order valence-electron chi connectivity index (χ1n) is 10.6. The van der Waals surface area contributed by atoms with Gasteiger partial charge in [0.05, 0.1) is 0 Å². The summed E-state index contributed by atoms with van der Waals surface area (Å²) in [6, 6.07) is 11.7. The van der Waals surface area contributed by atoms with Crippen molar-refractivity contribution in [2.45, 2.75) is 31.7 Å². The van der Waals surface area contributed by atoms with Gasteiger partial charge in [-0.1, -0.05) is 18.2 Å². The fraction of sp³-hybridized carbons (Fsp3) is 0.333. The zero-order valence-corrected chi connectivity index (χ0v) is 18.4. The smallest absolute Gasteiger partial charge is 0.325 e. The Balaban J connectivity index is 1.44. The SMILES string of the molecule is CN(C)C(=O)c1ccc(NC(=O)CN2C(=O)N[C@@](C)(c3ccc4c(c3)CCC4)C2=O)cc1. The van der Waals surface area contributed by atoms with E-state index in [1.165, 1.54) is 16.0 Å². The van der Waals surface area contributed by atoms with Crippen LogP contribution in [0.1, 0.15) is 40.4 Å². The molecule has 8 nitrogen and oxygen atoms in total. The number of benzene rings is 2. The van der Waals surface area contributed by atoms with Crippen LogP contribution >= 0.6 is 0 Å². The van der Waals surface area contributed by atoms with E-state index in [1.54, 1.807) is 45.3 Å². The molecule has 5 amide bonds. The third-order valence-corrected chi connectivity index (χ3v) is 6.07. The van der Waals surface area contributed by atoms with Gasteiger partial charge in [-0.25, -0.2) is 4.79 Å². The highest BCUT2D eigenvalue weighted by atomic mass is 16.2. The van der Waals surface area contributed by atoms with Crippen molar-refractivity contribution < 1.29 is 19.2 Å². The van der Waals surface area contributed by atoms with Crippen LogP contribution in [0.5, 0.6) is 0 Å². The van der Waals surface area contributed by atoms with Crippen LogP contribution in [0.2, 0.25) is 0 Å². The van der Waals surface area contributed by atoms with Crippen LogP contribution in [-0.2, 0) is 28.0 Å². The van der Waals surface area contributed by atoms with Gasteiger partial charge in [0.25, 0.3) is 11.8 Å². The van der Waals surface area contributed by atoms with Crippen LogP contribution in [0.4, 0.5) is 10.5 Å². The Bertz CT molecular complexity index is 1110. The number of carbonyl (C=O) groups is 4. The van der Waals surface area contributed by atoms with Gasteiger partial charge in [0.1, 0.15) is 12.1 Å². The summed E-state index contributed by atoms with van der Waals surface area (Å²) in [5.41, 5.74) is 2.97. The van der Waals surface area contributed by atoms with Crippen LogP contribution in [0, 0.1) is 0 Å². The number of nitrogens with one attached hydrogen (secondary N) is 2. The van der Waals surface area contributed by atoms with Crippen molar-refractivity contribution in [3.05, 3.63) is 64.7 Å². The monoisotopic (exact) mass is 434 g/mol. The summed E-state index contributed by atoms with van der Waals surface area (Å²) in [7, 11) is 3.32. The number of anilines is 1. The second kappa shape index (κ2) is 8.11. The minimum atomic E-state index is -1.21. The molecule has 2 N–H and O–H groups in total. The highest BCUT2D eigenvalue weighted by molar-refractivity contribution is 6.10. The predicted octanol–water partition coefficient (Wildman–Crippen LogP) is 2.28. The molecule has 1 fully saturated rings. The average molecular weight is 434 g/mol. The summed E-state index contributed by atoms with van der Waals surface area (Å²) >= 11 is 0. The first-order valence-corrected chi connectivity index (χ1v) is 10.6. The van der Waals surface area contributed by atoms with Gasteiger partial charge in [-0.15, -0.1) is 0 Å². The maximum absolute atomic E-state index is 13.1. The lowest BCUT2D eigenvalue weighted by Crippen LogP contribution is -2.42. The van der Waals surface area contributed by atoms with Gasteiger partial charge in [-0.3, -0.25) is 19.3 Å². The molecule has 2 aliphatic rings. The van der Waals surface area contributed by atoms with Crippen LogP contribution in [-0.4, -0.2) is 54.2 Å². The number of hydrogen-bond acceptors (Lipinski definition) is 4. The normalized spacial score (nSPS) is 19.5. The summed E-state index contributed by atoms with van der Waals surface area (Å²) in [4.78, 5) is 52.6. The second-order valence-electron chi connectivity index (χ2n) is 8.61. The summed E-state index contributed by atoms with van der Waals surface area (Å²) in [5.74, 6) is -1.10. The van der Waals surface area contributed by atoms with E-state index in [2.05, 4.69) is 10.6 Å². The molecule has 32 heavy (non-hydrogen) atoms. The Morgan fingerprint density at radius 3 is 2.44 bits per heavy atom. The third kappa shape index (κ3) is 3.84. The highest BCUT2D eigenvalue weighted by Crippen LogP contribution is 2.32. The topological polar surface area (TPSA) is 98.8 Å². The van der Waals surface area contributed by atoms with Gasteiger partial charge < -0.3 is 15.5 Å². The van der Waals surface area contributed by atoms with Gasteiger partial charge in [0.15, 0.2) is 0 Å². The maximum atomic E-state index is 13.1. The van der Waals surface area contributed by atoms with Crippen molar-refractivity contribution in [2.24, 2.45) is 0 Å². The number of amides is 5. The van der Waals surface area contributed by atoms with Gasteiger partial charge in [-0.05, 0) is 67.1 Å². The molecule has 166 valence electrons. The summed E-state index contributed by atoms with van der Waals surface area (Å²) in [5, 5.41) is 5.42. The van der Waals surface area contributed by atoms with E-state index in [0.29, 0.717) is 11.3 Å². The molecule has 0 spiro atoms. The molecule has 0 radical (unpaired) electrons. The molecule has 1 saturated heterocycles. The zero-order chi connectivity index (χ0) is 23.0. The van der Waals surface area contributed by atoms with Crippen molar-refractivity contribution in [1.29, 1.82) is 0 Å². The number of aryl methyl sites for hydroxylation is 2. The van der Waals surface area contributed by atoms with Gasteiger partial charge >= 0.3 is 6.03 Å². The van der Waals surface area contributed by atoms with E-state index in [0.717, 1.165) is 29.7 Å². The van der Waals surface area contributed by atoms with E-state index >= 15 is 0 Å². The number of urea groups is 1.